The zero-order chi connectivity index (χ0) is 19.0. The van der Waals surface area contributed by atoms with Gasteiger partial charge < -0.3 is 4.90 Å². The zero-order valence-corrected chi connectivity index (χ0v) is 16.2. The molecule has 0 unspecified atom stereocenters. The maximum absolute atomic E-state index is 11.1. The van der Waals surface area contributed by atoms with E-state index < -0.39 is 10.1 Å². The first-order valence-corrected chi connectivity index (χ1v) is 11.0. The van der Waals surface area contributed by atoms with Crippen LogP contribution >= 0.6 is 11.8 Å². The standard InChI is InChI=1S/C18H18N4O3S2/c1-27(23,24)25-21-14-5-2-4-12(10-14)13-6-7-15-16(11-13)26-18(19)22-9-3-8-20-17(15)22/h2,4-7,10-11,19,21H,3,8-9H2,1H3. The van der Waals surface area contributed by atoms with Crippen molar-refractivity contribution in [3.05, 3.63) is 48.0 Å². The number of fused-ring (bicyclic) bond motifs is 3. The Morgan fingerprint density at radius 3 is 2.85 bits per heavy atom. The normalized spacial score (nSPS) is 16.4. The second kappa shape index (κ2) is 6.99. The van der Waals surface area contributed by atoms with Crippen molar-refractivity contribution in [1.82, 2.24) is 4.90 Å². The summed E-state index contributed by atoms with van der Waals surface area (Å²) in [5.74, 6) is 0.878. The van der Waals surface area contributed by atoms with Crippen molar-refractivity contribution in [3.8, 4) is 11.1 Å². The quantitative estimate of drug-likeness (QED) is 0.763. The third kappa shape index (κ3) is 3.85. The number of rotatable bonds is 4. The van der Waals surface area contributed by atoms with Crippen molar-refractivity contribution in [1.29, 1.82) is 5.41 Å². The molecule has 0 saturated carbocycles. The van der Waals surface area contributed by atoms with Gasteiger partial charge in [-0.05, 0) is 41.8 Å². The second-order valence-electron chi connectivity index (χ2n) is 6.30. The van der Waals surface area contributed by atoms with E-state index in [2.05, 4.69) is 14.8 Å². The van der Waals surface area contributed by atoms with Gasteiger partial charge in [0.05, 0.1) is 11.9 Å². The average Bonchev–Trinajstić information content (AvgIpc) is 2.66. The molecule has 2 aromatic carbocycles. The number of amidine groups is 2. The summed E-state index contributed by atoms with van der Waals surface area (Å²) in [6, 6.07) is 13.4. The van der Waals surface area contributed by atoms with Gasteiger partial charge in [-0.1, -0.05) is 30.0 Å². The summed E-state index contributed by atoms with van der Waals surface area (Å²) in [5, 5.41) is 8.79. The van der Waals surface area contributed by atoms with Crippen molar-refractivity contribution in [2.45, 2.75) is 11.3 Å². The third-order valence-electron chi connectivity index (χ3n) is 4.24. The Hall–Kier alpha value is -2.36. The van der Waals surface area contributed by atoms with Crippen molar-refractivity contribution in [3.63, 3.8) is 0 Å². The summed E-state index contributed by atoms with van der Waals surface area (Å²) >= 11 is 1.43. The van der Waals surface area contributed by atoms with Gasteiger partial charge in [0.15, 0.2) is 5.17 Å². The largest absolute Gasteiger partial charge is 0.305 e. The van der Waals surface area contributed by atoms with Gasteiger partial charge in [0.25, 0.3) is 10.1 Å². The highest BCUT2D eigenvalue weighted by atomic mass is 32.2. The van der Waals surface area contributed by atoms with Crippen LogP contribution in [0.3, 0.4) is 0 Å². The molecule has 0 radical (unpaired) electrons. The Balaban J connectivity index is 1.66. The number of benzene rings is 2. The molecule has 0 spiro atoms. The van der Waals surface area contributed by atoms with Crippen molar-refractivity contribution < 1.29 is 12.7 Å². The lowest BCUT2D eigenvalue weighted by molar-refractivity contribution is 0.396. The lowest BCUT2D eigenvalue weighted by Crippen LogP contribution is -2.42. The van der Waals surface area contributed by atoms with E-state index in [-0.39, 0.29) is 0 Å². The van der Waals surface area contributed by atoms with E-state index in [0.29, 0.717) is 10.9 Å². The number of hydrogen-bond donors (Lipinski definition) is 2. The average molecular weight is 403 g/mol. The molecule has 4 rings (SSSR count). The monoisotopic (exact) mass is 402 g/mol. The van der Waals surface area contributed by atoms with E-state index in [0.717, 1.165) is 53.2 Å². The predicted molar refractivity (Wildman–Crippen MR) is 108 cm³/mol. The minimum Gasteiger partial charge on any atom is -0.305 e. The third-order valence-corrected chi connectivity index (χ3v) is 5.60. The molecule has 140 valence electrons. The SMILES string of the molecule is CS(=O)(=O)ONc1cccc(-c2ccc3c(c2)SC(=N)N2CCCN=C32)c1. The minimum absolute atomic E-state index is 0.495. The number of nitrogens with one attached hydrogen (secondary N) is 2. The lowest BCUT2D eigenvalue weighted by Gasteiger charge is -2.34. The number of hydrogen-bond acceptors (Lipinski definition) is 7. The summed E-state index contributed by atoms with van der Waals surface area (Å²) in [7, 11) is -3.59. The van der Waals surface area contributed by atoms with Crippen LogP contribution in [0.1, 0.15) is 12.0 Å². The topological polar surface area (TPSA) is 94.8 Å². The summed E-state index contributed by atoms with van der Waals surface area (Å²) < 4.78 is 26.9. The van der Waals surface area contributed by atoms with E-state index in [1.807, 2.05) is 41.3 Å². The van der Waals surface area contributed by atoms with Crippen LogP contribution in [0.5, 0.6) is 0 Å². The van der Waals surface area contributed by atoms with Gasteiger partial charge in [-0.15, -0.1) is 0 Å². The first-order chi connectivity index (χ1) is 12.9. The maximum Gasteiger partial charge on any atom is 0.284 e. The van der Waals surface area contributed by atoms with Crippen LogP contribution in [0, 0.1) is 5.41 Å². The Morgan fingerprint density at radius 2 is 2.04 bits per heavy atom. The van der Waals surface area contributed by atoms with Crippen LogP contribution in [-0.4, -0.2) is 43.7 Å². The summed E-state index contributed by atoms with van der Waals surface area (Å²) in [6.07, 6.45) is 1.95. The molecule has 0 saturated heterocycles. The number of aliphatic imine (C=N–C) groups is 1. The van der Waals surface area contributed by atoms with Crippen molar-refractivity contribution in [2.75, 3.05) is 24.8 Å². The fraction of sp³-hybridized carbons (Fsp3) is 0.222. The highest BCUT2D eigenvalue weighted by molar-refractivity contribution is 8.14. The first-order valence-electron chi connectivity index (χ1n) is 8.38. The summed E-state index contributed by atoms with van der Waals surface area (Å²) in [5.41, 5.74) is 5.93. The molecule has 0 aromatic heterocycles. The van der Waals surface area contributed by atoms with Gasteiger partial charge in [-0.25, -0.2) is 5.48 Å². The van der Waals surface area contributed by atoms with E-state index in [1.54, 1.807) is 6.07 Å². The Kier molecular flexibility index (Phi) is 4.67. The van der Waals surface area contributed by atoms with Crippen LogP contribution in [0.15, 0.2) is 52.4 Å². The molecule has 0 fully saturated rings. The molecule has 7 nitrogen and oxygen atoms in total. The van der Waals surface area contributed by atoms with Crippen LogP contribution in [0.2, 0.25) is 0 Å². The summed E-state index contributed by atoms with van der Waals surface area (Å²) in [4.78, 5) is 7.57. The van der Waals surface area contributed by atoms with Crippen molar-refractivity contribution >= 4 is 38.6 Å². The van der Waals surface area contributed by atoms with Gasteiger partial charge in [0.2, 0.25) is 0 Å². The smallest absolute Gasteiger partial charge is 0.284 e. The van der Waals surface area contributed by atoms with E-state index in [9.17, 15) is 8.42 Å². The van der Waals surface area contributed by atoms with E-state index in [1.165, 1.54) is 11.8 Å². The molecule has 0 aliphatic carbocycles. The van der Waals surface area contributed by atoms with E-state index in [4.69, 9.17) is 5.41 Å². The molecule has 0 atom stereocenters. The summed E-state index contributed by atoms with van der Waals surface area (Å²) in [6.45, 7) is 1.62. The van der Waals surface area contributed by atoms with Crippen LogP contribution < -0.4 is 5.48 Å². The Bertz CT molecular complexity index is 1050. The number of anilines is 1. The number of nitrogens with zero attached hydrogens (tertiary/aromatic N) is 2. The molecule has 2 aromatic rings. The highest BCUT2D eigenvalue weighted by Crippen LogP contribution is 2.36. The molecular formula is C18H18N4O3S2. The van der Waals surface area contributed by atoms with Gasteiger partial charge in [-0.2, -0.15) is 12.7 Å². The predicted octanol–water partition coefficient (Wildman–Crippen LogP) is 3.15. The van der Waals surface area contributed by atoms with Crippen molar-refractivity contribution in [2.24, 2.45) is 4.99 Å². The molecule has 2 aliphatic heterocycles. The fourth-order valence-corrected chi connectivity index (χ4v) is 4.25. The Morgan fingerprint density at radius 1 is 1.22 bits per heavy atom. The second-order valence-corrected chi connectivity index (χ2v) is 8.90. The molecular weight excluding hydrogens is 384 g/mol. The van der Waals surface area contributed by atoms with Gasteiger partial charge in [-0.3, -0.25) is 10.4 Å². The van der Waals surface area contributed by atoms with Crippen LogP contribution in [0.25, 0.3) is 11.1 Å². The Labute approximate surface area is 162 Å². The molecule has 2 aliphatic rings. The van der Waals surface area contributed by atoms with Crippen LogP contribution in [-0.2, 0) is 14.4 Å². The lowest BCUT2D eigenvalue weighted by atomic mass is 10.0. The first kappa shape index (κ1) is 18.0. The van der Waals surface area contributed by atoms with Gasteiger partial charge >= 0.3 is 0 Å². The van der Waals surface area contributed by atoms with E-state index >= 15 is 0 Å². The maximum atomic E-state index is 11.1. The molecule has 0 bridgehead atoms. The van der Waals surface area contributed by atoms with Gasteiger partial charge in [0, 0.05) is 23.5 Å². The molecule has 9 heteroatoms. The molecule has 27 heavy (non-hydrogen) atoms. The number of thioether (sulfide) groups is 1. The molecule has 2 heterocycles. The van der Waals surface area contributed by atoms with Gasteiger partial charge in [0.1, 0.15) is 5.84 Å². The molecule has 0 amide bonds. The highest BCUT2D eigenvalue weighted by Gasteiger charge is 2.29. The fourth-order valence-electron chi connectivity index (χ4n) is 3.05. The minimum atomic E-state index is -3.59. The molecule has 2 N–H and O–H groups in total. The zero-order valence-electron chi connectivity index (χ0n) is 14.6. The van der Waals surface area contributed by atoms with Crippen LogP contribution in [0.4, 0.5) is 5.69 Å².